The third kappa shape index (κ3) is 5.24. The minimum atomic E-state index is -1.18. The molecule has 0 saturated carbocycles. The van der Waals surface area contributed by atoms with Crippen LogP contribution in [-0.2, 0) is 32.0 Å². The molecule has 2 N–H and O–H groups in total. The van der Waals surface area contributed by atoms with E-state index in [4.69, 9.17) is 14.6 Å². The smallest absolute Gasteiger partial charge is 0.307 e. The number of ether oxygens (including phenoxy) is 1. The number of hydrogen-bond donors (Lipinski definition) is 2. The summed E-state index contributed by atoms with van der Waals surface area (Å²) in [5.74, 6) is -2.42. The first kappa shape index (κ1) is 14.7. The quantitative estimate of drug-likeness (QED) is 0.501. The zero-order valence-corrected chi connectivity index (χ0v) is 10.1. The van der Waals surface area contributed by atoms with Gasteiger partial charge in [-0.25, -0.2) is 0 Å². The average Bonchev–Trinajstić information content (AvgIpc) is 2.76. The third-order valence-corrected chi connectivity index (χ3v) is 2.47. The van der Waals surface area contributed by atoms with Crippen molar-refractivity contribution in [2.75, 3.05) is 6.61 Å². The Morgan fingerprint density at radius 3 is 2.58 bits per heavy atom. The SMILES string of the molecule is O=COCCc1ccc(CC(CC(=O)O)C(=O)O)o1. The second kappa shape index (κ2) is 7.20. The maximum Gasteiger partial charge on any atom is 0.307 e. The highest BCUT2D eigenvalue weighted by Crippen LogP contribution is 2.16. The predicted octanol–water partition coefficient (Wildman–Crippen LogP) is 0.713. The Morgan fingerprint density at radius 1 is 1.32 bits per heavy atom. The van der Waals surface area contributed by atoms with Gasteiger partial charge in [-0.3, -0.25) is 14.4 Å². The van der Waals surface area contributed by atoms with Gasteiger partial charge in [-0.1, -0.05) is 0 Å². The van der Waals surface area contributed by atoms with Gasteiger partial charge >= 0.3 is 11.9 Å². The van der Waals surface area contributed by atoms with Gasteiger partial charge in [-0.15, -0.1) is 0 Å². The summed E-state index contributed by atoms with van der Waals surface area (Å²) in [5.41, 5.74) is 0. The zero-order valence-electron chi connectivity index (χ0n) is 10.1. The molecule has 19 heavy (non-hydrogen) atoms. The molecule has 0 aliphatic rings. The second-order valence-corrected chi connectivity index (χ2v) is 3.92. The van der Waals surface area contributed by atoms with E-state index in [1.165, 1.54) is 0 Å². The Kier molecular flexibility index (Phi) is 5.59. The van der Waals surface area contributed by atoms with Gasteiger partial charge in [0, 0.05) is 12.8 Å². The Balaban J connectivity index is 2.57. The number of carboxylic acids is 2. The van der Waals surface area contributed by atoms with Crippen molar-refractivity contribution in [3.05, 3.63) is 23.7 Å². The van der Waals surface area contributed by atoms with Crippen LogP contribution in [0.1, 0.15) is 17.9 Å². The minimum absolute atomic E-state index is 0.0101. The predicted molar refractivity (Wildman–Crippen MR) is 61.5 cm³/mol. The molecule has 0 aromatic carbocycles. The summed E-state index contributed by atoms with van der Waals surface area (Å²) in [6.07, 6.45) is -0.0643. The fourth-order valence-corrected chi connectivity index (χ4v) is 1.57. The van der Waals surface area contributed by atoms with Crippen LogP contribution in [-0.4, -0.2) is 35.2 Å². The molecule has 1 heterocycles. The molecule has 0 bridgehead atoms. The lowest BCUT2D eigenvalue weighted by atomic mass is 10.0. The van der Waals surface area contributed by atoms with Crippen LogP contribution in [0, 0.1) is 5.92 Å². The minimum Gasteiger partial charge on any atom is -0.481 e. The van der Waals surface area contributed by atoms with E-state index < -0.39 is 24.3 Å². The zero-order chi connectivity index (χ0) is 14.3. The van der Waals surface area contributed by atoms with E-state index in [1.807, 2.05) is 0 Å². The number of aliphatic carboxylic acids is 2. The molecule has 0 saturated heterocycles. The number of carbonyl (C=O) groups is 3. The highest BCUT2D eigenvalue weighted by Gasteiger charge is 2.22. The molecule has 0 aliphatic heterocycles. The van der Waals surface area contributed by atoms with Crippen molar-refractivity contribution in [2.24, 2.45) is 5.92 Å². The molecule has 1 rings (SSSR count). The lowest BCUT2D eigenvalue weighted by Crippen LogP contribution is -2.19. The molecule has 1 aromatic rings. The standard InChI is InChI=1S/C12H14O7/c13-7-18-4-3-9-1-2-10(19-9)5-8(12(16)17)6-11(14)15/h1-2,7-8H,3-6H2,(H,14,15)(H,16,17). The number of hydrogen-bond acceptors (Lipinski definition) is 5. The molecule has 7 nitrogen and oxygen atoms in total. The molecule has 7 heteroatoms. The Hall–Kier alpha value is -2.31. The van der Waals surface area contributed by atoms with Gasteiger partial charge < -0.3 is 19.4 Å². The van der Waals surface area contributed by atoms with Crippen LogP contribution in [0.15, 0.2) is 16.5 Å². The molecule has 0 amide bonds. The Bertz CT molecular complexity index is 449. The maximum atomic E-state index is 10.9. The van der Waals surface area contributed by atoms with Crippen molar-refractivity contribution >= 4 is 18.4 Å². The normalized spacial score (nSPS) is 11.8. The number of rotatable bonds is 9. The van der Waals surface area contributed by atoms with Crippen molar-refractivity contribution < 1.29 is 33.8 Å². The Labute approximate surface area is 108 Å². The summed E-state index contributed by atoms with van der Waals surface area (Å²) in [6.45, 7) is 0.505. The van der Waals surface area contributed by atoms with Crippen LogP contribution in [0.5, 0.6) is 0 Å². The van der Waals surface area contributed by atoms with Crippen LogP contribution in [0.3, 0.4) is 0 Å². The highest BCUT2D eigenvalue weighted by molar-refractivity contribution is 5.77. The summed E-state index contributed by atoms with van der Waals surface area (Å²) in [5, 5.41) is 17.5. The van der Waals surface area contributed by atoms with Gasteiger partial charge in [0.25, 0.3) is 6.47 Å². The van der Waals surface area contributed by atoms with Crippen molar-refractivity contribution in [2.45, 2.75) is 19.3 Å². The largest absolute Gasteiger partial charge is 0.481 e. The van der Waals surface area contributed by atoms with E-state index in [9.17, 15) is 14.4 Å². The first-order valence-corrected chi connectivity index (χ1v) is 5.60. The molecule has 104 valence electrons. The lowest BCUT2D eigenvalue weighted by Gasteiger charge is -2.07. The molecule has 1 unspecified atom stereocenters. The van der Waals surface area contributed by atoms with E-state index in [0.29, 0.717) is 24.4 Å². The van der Waals surface area contributed by atoms with Crippen LogP contribution in [0.2, 0.25) is 0 Å². The van der Waals surface area contributed by atoms with Crippen LogP contribution < -0.4 is 0 Å². The fourth-order valence-electron chi connectivity index (χ4n) is 1.57. The summed E-state index contributed by atoms with van der Waals surface area (Å²) in [7, 11) is 0. The topological polar surface area (TPSA) is 114 Å². The lowest BCUT2D eigenvalue weighted by molar-refractivity contribution is -0.148. The third-order valence-electron chi connectivity index (χ3n) is 2.47. The summed E-state index contributed by atoms with van der Waals surface area (Å²) in [6, 6.07) is 3.23. The van der Waals surface area contributed by atoms with Crippen molar-refractivity contribution in [1.29, 1.82) is 0 Å². The van der Waals surface area contributed by atoms with E-state index in [1.54, 1.807) is 12.1 Å². The average molecular weight is 270 g/mol. The summed E-state index contributed by atoms with van der Waals surface area (Å²) < 4.78 is 9.85. The maximum absolute atomic E-state index is 10.9. The van der Waals surface area contributed by atoms with Crippen molar-refractivity contribution in [1.82, 2.24) is 0 Å². The molecule has 0 aliphatic carbocycles. The molecule has 0 fully saturated rings. The number of carboxylic acid groups (broad SMARTS) is 2. The fraction of sp³-hybridized carbons (Fsp3) is 0.417. The van der Waals surface area contributed by atoms with E-state index in [2.05, 4.69) is 4.74 Å². The highest BCUT2D eigenvalue weighted by atomic mass is 16.5. The first-order valence-electron chi connectivity index (χ1n) is 5.60. The molecule has 0 spiro atoms. The van der Waals surface area contributed by atoms with E-state index in [0.717, 1.165) is 0 Å². The summed E-state index contributed by atoms with van der Waals surface area (Å²) >= 11 is 0. The summed E-state index contributed by atoms with van der Waals surface area (Å²) in [4.78, 5) is 31.4. The van der Waals surface area contributed by atoms with Gasteiger partial charge in [-0.05, 0) is 12.1 Å². The number of furan rings is 1. The van der Waals surface area contributed by atoms with E-state index >= 15 is 0 Å². The van der Waals surface area contributed by atoms with Crippen LogP contribution in [0.4, 0.5) is 0 Å². The molecule has 1 aromatic heterocycles. The molecular weight excluding hydrogens is 256 g/mol. The monoisotopic (exact) mass is 270 g/mol. The Morgan fingerprint density at radius 2 is 2.00 bits per heavy atom. The number of carbonyl (C=O) groups excluding carboxylic acids is 1. The van der Waals surface area contributed by atoms with Gasteiger partial charge in [0.15, 0.2) is 0 Å². The first-order chi connectivity index (χ1) is 9.02. The molecular formula is C12H14O7. The molecule has 1 atom stereocenters. The molecule has 0 radical (unpaired) electrons. The van der Waals surface area contributed by atoms with Crippen LogP contribution in [0.25, 0.3) is 0 Å². The van der Waals surface area contributed by atoms with E-state index in [-0.39, 0.29) is 13.0 Å². The van der Waals surface area contributed by atoms with Crippen molar-refractivity contribution in [3.63, 3.8) is 0 Å². The van der Waals surface area contributed by atoms with Crippen LogP contribution >= 0.6 is 0 Å². The van der Waals surface area contributed by atoms with Gasteiger partial charge in [0.2, 0.25) is 0 Å². The van der Waals surface area contributed by atoms with Gasteiger partial charge in [0.1, 0.15) is 11.5 Å². The van der Waals surface area contributed by atoms with Crippen molar-refractivity contribution in [3.8, 4) is 0 Å². The van der Waals surface area contributed by atoms with Gasteiger partial charge in [-0.2, -0.15) is 0 Å². The second-order valence-electron chi connectivity index (χ2n) is 3.92. The van der Waals surface area contributed by atoms with Gasteiger partial charge in [0.05, 0.1) is 18.9 Å².